The van der Waals surface area contributed by atoms with Crippen LogP contribution in [0.2, 0.25) is 0 Å². The fraction of sp³-hybridized carbons (Fsp3) is 0.364. The minimum atomic E-state index is -0.0968. The van der Waals surface area contributed by atoms with Crippen LogP contribution >= 0.6 is 0 Å². The lowest BCUT2D eigenvalue weighted by atomic mass is 9.32. The zero-order valence-corrected chi connectivity index (χ0v) is 24.4. The Labute approximate surface area is 223 Å². The maximum atomic E-state index is 9.94. The summed E-state index contributed by atoms with van der Waals surface area (Å²) in [5.74, 6) is 0. The second-order valence-corrected chi connectivity index (χ2v) is 10.6. The molecule has 4 heteroatoms. The van der Waals surface area contributed by atoms with Gasteiger partial charge in [-0.3, -0.25) is 0 Å². The second kappa shape index (κ2) is 9.92. The van der Waals surface area contributed by atoms with E-state index in [1.807, 2.05) is 41.5 Å². The van der Waals surface area contributed by atoms with Crippen molar-refractivity contribution in [1.82, 2.24) is 0 Å². The molecule has 0 saturated heterocycles. The third kappa shape index (κ3) is 3.95. The number of hydrogen-bond donors (Lipinski definition) is 0. The highest BCUT2D eigenvalue weighted by molar-refractivity contribution is 6.97. The van der Waals surface area contributed by atoms with Gasteiger partial charge in [-0.25, -0.2) is 0 Å². The van der Waals surface area contributed by atoms with Crippen LogP contribution in [0.3, 0.4) is 0 Å². The van der Waals surface area contributed by atoms with Gasteiger partial charge in [0.2, 0.25) is 6.71 Å². The van der Waals surface area contributed by atoms with E-state index in [9.17, 15) is 15.8 Å². The lowest BCUT2D eigenvalue weighted by molar-refractivity contribution is 1.21. The predicted octanol–water partition coefficient (Wildman–Crippen LogP) is 5.52. The van der Waals surface area contributed by atoms with Crippen LogP contribution in [0.5, 0.6) is 0 Å². The van der Waals surface area contributed by atoms with Crippen molar-refractivity contribution < 1.29 is 0 Å². The Morgan fingerprint density at radius 3 is 0.622 bits per heavy atom. The SMILES string of the molecule is Cc1c(C)c(B(c2c(C)c(C)c(C#N)c(C)c2C)c2c(C)c(C)c(C#N)c(C)c2C)c(C)c(C)c1C#N. The summed E-state index contributed by atoms with van der Waals surface area (Å²) in [4.78, 5) is 0. The van der Waals surface area contributed by atoms with E-state index in [2.05, 4.69) is 59.8 Å². The van der Waals surface area contributed by atoms with Crippen molar-refractivity contribution in [2.24, 2.45) is 0 Å². The molecule has 0 heterocycles. The number of benzene rings is 3. The molecular formula is C33H36BN3. The summed E-state index contributed by atoms with van der Waals surface area (Å²) in [6.45, 7) is 25.0. The van der Waals surface area contributed by atoms with Crippen LogP contribution in [0.1, 0.15) is 83.5 Å². The van der Waals surface area contributed by atoms with E-state index in [-0.39, 0.29) is 6.71 Å². The van der Waals surface area contributed by atoms with E-state index >= 15 is 0 Å². The minimum Gasteiger partial charge on any atom is -0.192 e. The lowest BCUT2D eigenvalue weighted by Gasteiger charge is -2.31. The molecule has 0 amide bonds. The Kier molecular flexibility index (Phi) is 7.45. The molecule has 0 N–H and O–H groups in total. The summed E-state index contributed by atoms with van der Waals surface area (Å²) in [6, 6.07) is 7.29. The van der Waals surface area contributed by atoms with Crippen LogP contribution in [-0.4, -0.2) is 6.71 Å². The Bertz CT molecular complexity index is 1340. The first-order valence-electron chi connectivity index (χ1n) is 12.8. The van der Waals surface area contributed by atoms with Gasteiger partial charge < -0.3 is 0 Å². The van der Waals surface area contributed by atoms with E-state index in [4.69, 9.17) is 0 Å². The largest absolute Gasteiger partial charge is 0.243 e. The van der Waals surface area contributed by atoms with Gasteiger partial charge in [0.1, 0.15) is 0 Å². The summed E-state index contributed by atoms with van der Waals surface area (Å²) in [6.07, 6.45) is 0. The van der Waals surface area contributed by atoms with Gasteiger partial charge >= 0.3 is 0 Å². The summed E-state index contributed by atoms with van der Waals surface area (Å²) >= 11 is 0. The van der Waals surface area contributed by atoms with E-state index in [0.717, 1.165) is 83.5 Å². The van der Waals surface area contributed by atoms with Crippen molar-refractivity contribution >= 4 is 23.1 Å². The van der Waals surface area contributed by atoms with Gasteiger partial charge in [-0.15, -0.1) is 0 Å². The van der Waals surface area contributed by atoms with Gasteiger partial charge in [0.25, 0.3) is 0 Å². The highest BCUT2D eigenvalue weighted by Gasteiger charge is 2.35. The lowest BCUT2D eigenvalue weighted by Crippen LogP contribution is -2.58. The van der Waals surface area contributed by atoms with Gasteiger partial charge in [-0.05, 0) is 116 Å². The third-order valence-corrected chi connectivity index (χ3v) is 9.25. The van der Waals surface area contributed by atoms with Gasteiger partial charge in [0, 0.05) is 0 Å². The number of rotatable bonds is 3. The van der Waals surface area contributed by atoms with Crippen molar-refractivity contribution in [2.75, 3.05) is 0 Å². The van der Waals surface area contributed by atoms with Crippen molar-refractivity contribution in [3.63, 3.8) is 0 Å². The molecule has 0 fully saturated rings. The molecule has 3 nitrogen and oxygen atoms in total. The third-order valence-electron chi connectivity index (χ3n) is 9.25. The Balaban J connectivity index is 2.72. The van der Waals surface area contributed by atoms with Gasteiger partial charge in [0.05, 0.1) is 34.9 Å². The molecule has 3 rings (SSSR count). The van der Waals surface area contributed by atoms with Crippen LogP contribution < -0.4 is 16.4 Å². The number of hydrogen-bond acceptors (Lipinski definition) is 3. The summed E-state index contributed by atoms with van der Waals surface area (Å²) < 4.78 is 0. The molecule has 0 spiro atoms. The van der Waals surface area contributed by atoms with E-state index < -0.39 is 0 Å². The van der Waals surface area contributed by atoms with Crippen LogP contribution in [0.4, 0.5) is 0 Å². The Hall–Kier alpha value is -3.81. The molecule has 3 aromatic rings. The normalized spacial score (nSPS) is 10.6. The smallest absolute Gasteiger partial charge is 0.192 e. The topological polar surface area (TPSA) is 71.4 Å². The van der Waals surface area contributed by atoms with Gasteiger partial charge in [-0.2, -0.15) is 15.8 Å². The first-order chi connectivity index (χ1) is 17.3. The zero-order valence-electron chi connectivity index (χ0n) is 24.4. The average Bonchev–Trinajstić information content (AvgIpc) is 2.86. The molecular weight excluding hydrogens is 449 g/mol. The van der Waals surface area contributed by atoms with Crippen LogP contribution in [0.15, 0.2) is 0 Å². The molecule has 0 atom stereocenters. The molecule has 0 aliphatic carbocycles. The van der Waals surface area contributed by atoms with Gasteiger partial charge in [-0.1, -0.05) is 49.8 Å². The standard InChI is InChI=1S/C33H36BN3/c1-16-22(7)31(23(8)17(2)28(16)13-35)34(32-24(9)18(3)29(14-36)19(4)25(32)10)33-26(11)20(5)30(15-37)21(6)27(33)12/h1-12H3. The Morgan fingerprint density at radius 2 is 0.486 bits per heavy atom. The number of nitriles is 3. The molecule has 0 unspecified atom stereocenters. The summed E-state index contributed by atoms with van der Waals surface area (Å²) in [7, 11) is 0. The number of nitrogens with zero attached hydrogens (tertiary/aromatic N) is 3. The maximum absolute atomic E-state index is 9.94. The monoisotopic (exact) mass is 485 g/mol. The van der Waals surface area contributed by atoms with E-state index in [0.29, 0.717) is 0 Å². The maximum Gasteiger partial charge on any atom is 0.243 e. The minimum absolute atomic E-state index is 0.0968. The van der Waals surface area contributed by atoms with E-state index in [1.54, 1.807) is 0 Å². The molecule has 37 heavy (non-hydrogen) atoms. The average molecular weight is 485 g/mol. The van der Waals surface area contributed by atoms with Crippen LogP contribution in [0, 0.1) is 117 Å². The quantitative estimate of drug-likeness (QED) is 0.459. The molecule has 0 aromatic heterocycles. The van der Waals surface area contributed by atoms with E-state index in [1.165, 1.54) is 16.4 Å². The van der Waals surface area contributed by atoms with Gasteiger partial charge in [0.15, 0.2) is 0 Å². The highest BCUT2D eigenvalue weighted by Crippen LogP contribution is 2.26. The van der Waals surface area contributed by atoms with Crippen molar-refractivity contribution in [1.29, 1.82) is 15.8 Å². The first kappa shape index (κ1) is 27.8. The molecule has 0 radical (unpaired) electrons. The summed E-state index contributed by atoms with van der Waals surface area (Å²) in [5.41, 5.74) is 18.8. The molecule has 0 bridgehead atoms. The van der Waals surface area contributed by atoms with Crippen molar-refractivity contribution in [3.05, 3.63) is 83.5 Å². The zero-order chi connectivity index (χ0) is 28.1. The fourth-order valence-corrected chi connectivity index (χ4v) is 6.26. The molecule has 186 valence electrons. The predicted molar refractivity (Wildman–Crippen MR) is 155 cm³/mol. The molecule has 0 aliphatic rings. The van der Waals surface area contributed by atoms with Crippen molar-refractivity contribution in [3.8, 4) is 18.2 Å². The first-order valence-corrected chi connectivity index (χ1v) is 12.8. The highest BCUT2D eigenvalue weighted by atomic mass is 14.3. The second-order valence-electron chi connectivity index (χ2n) is 10.6. The van der Waals surface area contributed by atoms with Crippen LogP contribution in [-0.2, 0) is 0 Å². The summed E-state index contributed by atoms with van der Waals surface area (Å²) in [5, 5.41) is 29.8. The Morgan fingerprint density at radius 1 is 0.324 bits per heavy atom. The van der Waals surface area contributed by atoms with Crippen molar-refractivity contribution in [2.45, 2.75) is 83.1 Å². The fourth-order valence-electron chi connectivity index (χ4n) is 6.26. The van der Waals surface area contributed by atoms with Crippen LogP contribution in [0.25, 0.3) is 0 Å². The molecule has 3 aromatic carbocycles. The molecule has 0 saturated carbocycles. The molecule has 0 aliphatic heterocycles.